The van der Waals surface area contributed by atoms with Crippen molar-refractivity contribution in [3.8, 4) is 22.3 Å². The van der Waals surface area contributed by atoms with Crippen LogP contribution in [0.1, 0.15) is 5.56 Å². The van der Waals surface area contributed by atoms with E-state index >= 15 is 0 Å². The maximum atomic E-state index is 11.9. The molecular weight excluding hydrogens is 436 g/mol. The molecule has 0 fully saturated rings. The van der Waals surface area contributed by atoms with E-state index < -0.39 is 0 Å². The SMILES string of the molecule is Cc1cc(=O)oc2c(-c3ccccc3Cl)cc(-c3ccc[cH-]3)cc12.[Fe+2].c1cc[cH-]c1. The van der Waals surface area contributed by atoms with Gasteiger partial charge in [-0.1, -0.05) is 47.5 Å². The van der Waals surface area contributed by atoms with Crippen LogP contribution in [-0.2, 0) is 17.1 Å². The van der Waals surface area contributed by atoms with Gasteiger partial charge < -0.3 is 4.42 Å². The number of hydrogen-bond acceptors (Lipinski definition) is 2. The van der Waals surface area contributed by atoms with Crippen LogP contribution in [0.15, 0.2) is 106 Å². The molecule has 1 heterocycles. The molecule has 0 aliphatic rings. The molecule has 0 radical (unpaired) electrons. The van der Waals surface area contributed by atoms with E-state index in [2.05, 4.69) is 18.2 Å². The Hall–Kier alpha value is -2.84. The predicted octanol–water partition coefficient (Wildman–Crippen LogP) is 7.21. The van der Waals surface area contributed by atoms with Crippen molar-refractivity contribution in [2.75, 3.05) is 0 Å². The van der Waals surface area contributed by atoms with Crippen molar-refractivity contribution in [1.82, 2.24) is 0 Å². The fourth-order valence-electron chi connectivity index (χ4n) is 3.35. The zero-order valence-corrected chi connectivity index (χ0v) is 18.1. The van der Waals surface area contributed by atoms with Crippen molar-refractivity contribution in [3.63, 3.8) is 0 Å². The summed E-state index contributed by atoms with van der Waals surface area (Å²) >= 11 is 6.40. The van der Waals surface area contributed by atoms with Crippen molar-refractivity contribution in [2.24, 2.45) is 0 Å². The third-order valence-corrected chi connectivity index (χ3v) is 5.10. The van der Waals surface area contributed by atoms with Gasteiger partial charge in [0.05, 0.1) is 0 Å². The van der Waals surface area contributed by atoms with Crippen LogP contribution >= 0.6 is 11.6 Å². The second kappa shape index (κ2) is 9.77. The molecule has 0 amide bonds. The van der Waals surface area contributed by atoms with Gasteiger partial charge in [0, 0.05) is 27.6 Å². The van der Waals surface area contributed by atoms with E-state index in [-0.39, 0.29) is 22.7 Å². The smallest absolute Gasteiger partial charge is 0.422 e. The number of aryl methyl sites for hydroxylation is 1. The zero-order valence-electron chi connectivity index (χ0n) is 16.3. The zero-order chi connectivity index (χ0) is 20.2. The first kappa shape index (κ1) is 21.9. The van der Waals surface area contributed by atoms with Crippen molar-refractivity contribution >= 4 is 22.6 Å². The summed E-state index contributed by atoms with van der Waals surface area (Å²) in [7, 11) is 0. The van der Waals surface area contributed by atoms with Crippen LogP contribution in [0.5, 0.6) is 0 Å². The Morgan fingerprint density at radius 3 is 2.27 bits per heavy atom. The third kappa shape index (κ3) is 4.66. The summed E-state index contributed by atoms with van der Waals surface area (Å²) in [5.74, 6) is 0. The Balaban J connectivity index is 0.000000376. The number of fused-ring (bicyclic) bond motifs is 1. The van der Waals surface area contributed by atoms with Crippen LogP contribution in [0.2, 0.25) is 5.02 Å². The van der Waals surface area contributed by atoms with E-state index in [0.717, 1.165) is 33.2 Å². The van der Waals surface area contributed by atoms with Crippen LogP contribution < -0.4 is 5.63 Å². The van der Waals surface area contributed by atoms with Gasteiger partial charge in [0.15, 0.2) is 0 Å². The van der Waals surface area contributed by atoms with Crippen LogP contribution in [0.4, 0.5) is 0 Å². The molecular formula is C26H19ClFeO2. The molecule has 4 heteroatoms. The molecule has 0 aliphatic carbocycles. The minimum absolute atomic E-state index is 0. The maximum absolute atomic E-state index is 11.9. The Bertz CT molecular complexity index is 1270. The normalized spacial score (nSPS) is 10.2. The average Bonchev–Trinajstić information content (AvgIpc) is 3.45. The van der Waals surface area contributed by atoms with Crippen molar-refractivity contribution in [1.29, 1.82) is 0 Å². The Kier molecular flexibility index (Phi) is 7.12. The second-order valence-electron chi connectivity index (χ2n) is 6.76. The summed E-state index contributed by atoms with van der Waals surface area (Å²) in [6, 6.07) is 31.3. The predicted molar refractivity (Wildman–Crippen MR) is 121 cm³/mol. The van der Waals surface area contributed by atoms with E-state index in [1.54, 1.807) is 0 Å². The van der Waals surface area contributed by atoms with Gasteiger partial charge in [-0.05, 0) is 18.6 Å². The summed E-state index contributed by atoms with van der Waals surface area (Å²) in [5.41, 5.74) is 4.98. The molecule has 0 spiro atoms. The third-order valence-electron chi connectivity index (χ3n) is 4.77. The van der Waals surface area contributed by atoms with Crippen LogP contribution in [0.25, 0.3) is 33.2 Å². The summed E-state index contributed by atoms with van der Waals surface area (Å²) in [6.07, 6.45) is 0. The Morgan fingerprint density at radius 1 is 0.867 bits per heavy atom. The summed E-state index contributed by atoms with van der Waals surface area (Å²) in [6.45, 7) is 1.92. The average molecular weight is 455 g/mol. The molecule has 0 saturated heterocycles. The van der Waals surface area contributed by atoms with E-state index in [1.165, 1.54) is 6.07 Å². The fourth-order valence-corrected chi connectivity index (χ4v) is 3.59. The van der Waals surface area contributed by atoms with Crippen LogP contribution in [0.3, 0.4) is 0 Å². The van der Waals surface area contributed by atoms with Crippen LogP contribution in [0, 0.1) is 6.92 Å². The van der Waals surface area contributed by atoms with Gasteiger partial charge >= 0.3 is 22.7 Å². The first-order valence-electron chi connectivity index (χ1n) is 9.35. The van der Waals surface area contributed by atoms with Crippen molar-refractivity contribution < 1.29 is 21.5 Å². The number of rotatable bonds is 2. The quantitative estimate of drug-likeness (QED) is 0.160. The minimum Gasteiger partial charge on any atom is -0.422 e. The monoisotopic (exact) mass is 454 g/mol. The van der Waals surface area contributed by atoms with Gasteiger partial charge in [0.2, 0.25) is 0 Å². The molecule has 2 nitrogen and oxygen atoms in total. The molecule has 0 saturated carbocycles. The molecule has 4 aromatic carbocycles. The topological polar surface area (TPSA) is 30.2 Å². The fraction of sp³-hybridized carbons (Fsp3) is 0.0385. The molecule has 150 valence electrons. The van der Waals surface area contributed by atoms with Gasteiger partial charge in [-0.25, -0.2) is 16.9 Å². The molecule has 30 heavy (non-hydrogen) atoms. The molecule has 0 atom stereocenters. The first-order chi connectivity index (χ1) is 14.1. The molecule has 5 rings (SSSR count). The first-order valence-corrected chi connectivity index (χ1v) is 9.73. The molecule has 1 aromatic heterocycles. The molecule has 0 aliphatic heterocycles. The summed E-state index contributed by atoms with van der Waals surface area (Å²) in [5, 5.41) is 1.55. The molecule has 0 unspecified atom stereocenters. The summed E-state index contributed by atoms with van der Waals surface area (Å²) < 4.78 is 5.54. The van der Waals surface area contributed by atoms with Crippen LogP contribution in [-0.4, -0.2) is 0 Å². The number of hydrogen-bond donors (Lipinski definition) is 0. The van der Waals surface area contributed by atoms with E-state index in [4.69, 9.17) is 16.0 Å². The molecule has 0 N–H and O–H groups in total. The molecule has 0 bridgehead atoms. The standard InChI is InChI=1S/C21H14ClO2.C5H5.Fe/c1-13-10-20(23)24-21-17(13)11-15(14-6-2-3-7-14)12-18(21)16-8-4-5-9-19(16)22;1-2-4-5-3-1;/h2-12H,1H3;1-5H;/q2*-1;+2. The Morgan fingerprint density at radius 2 is 1.63 bits per heavy atom. The minimum atomic E-state index is -0.352. The van der Waals surface area contributed by atoms with Gasteiger partial charge in [-0.15, -0.1) is 6.07 Å². The second-order valence-corrected chi connectivity index (χ2v) is 7.17. The molecule has 5 aromatic rings. The van der Waals surface area contributed by atoms with E-state index in [0.29, 0.717) is 10.6 Å². The van der Waals surface area contributed by atoms with E-state index in [9.17, 15) is 4.79 Å². The maximum Gasteiger partial charge on any atom is 2.00 e. The number of benzene rings is 2. The summed E-state index contributed by atoms with van der Waals surface area (Å²) in [4.78, 5) is 11.9. The van der Waals surface area contributed by atoms with Gasteiger partial charge in [0.1, 0.15) is 5.58 Å². The van der Waals surface area contributed by atoms with Crippen molar-refractivity contribution in [3.05, 3.63) is 118 Å². The number of halogens is 1. The van der Waals surface area contributed by atoms with E-state index in [1.807, 2.05) is 79.7 Å². The van der Waals surface area contributed by atoms with Gasteiger partial charge in [-0.3, -0.25) is 0 Å². The Labute approximate surface area is 190 Å². The van der Waals surface area contributed by atoms with Crippen molar-refractivity contribution in [2.45, 2.75) is 6.92 Å². The largest absolute Gasteiger partial charge is 2.00 e. The van der Waals surface area contributed by atoms with Gasteiger partial charge in [-0.2, -0.15) is 42.0 Å². The van der Waals surface area contributed by atoms with Gasteiger partial charge in [0.25, 0.3) is 0 Å².